The van der Waals surface area contributed by atoms with Gasteiger partial charge in [-0.05, 0) is 41.8 Å². The lowest BCUT2D eigenvalue weighted by Gasteiger charge is -2.11. The van der Waals surface area contributed by atoms with E-state index in [0.29, 0.717) is 33.8 Å². The van der Waals surface area contributed by atoms with Crippen molar-refractivity contribution in [1.29, 1.82) is 0 Å². The first-order valence-corrected chi connectivity index (χ1v) is 11.3. The molecule has 0 bridgehead atoms. The van der Waals surface area contributed by atoms with Crippen LogP contribution in [0.2, 0.25) is 10.0 Å². The number of aromatic nitrogens is 1. The van der Waals surface area contributed by atoms with Crippen molar-refractivity contribution in [3.05, 3.63) is 80.2 Å². The van der Waals surface area contributed by atoms with Crippen molar-refractivity contribution in [2.45, 2.75) is 17.1 Å². The number of aliphatic carboxylic acids is 1. The average molecular weight is 466 g/mol. The second-order valence-corrected chi connectivity index (χ2v) is 8.71. The van der Waals surface area contributed by atoms with Gasteiger partial charge in [-0.1, -0.05) is 35.3 Å². The minimum absolute atomic E-state index is 0.474. The molecule has 0 saturated heterocycles. The Kier molecular flexibility index (Phi) is 8.00. The van der Waals surface area contributed by atoms with Crippen LogP contribution in [-0.4, -0.2) is 22.7 Å². The van der Waals surface area contributed by atoms with Crippen molar-refractivity contribution in [2.24, 2.45) is 0 Å². The van der Waals surface area contributed by atoms with Crippen molar-refractivity contribution < 1.29 is 14.6 Å². The molecule has 3 rings (SSSR count). The summed E-state index contributed by atoms with van der Waals surface area (Å²) in [5.41, 5.74) is 1.24. The number of halogens is 2. The van der Waals surface area contributed by atoms with Crippen LogP contribution in [0.5, 0.6) is 5.75 Å². The summed E-state index contributed by atoms with van der Waals surface area (Å²) in [6.45, 7) is 0.486. The highest BCUT2D eigenvalue weighted by Gasteiger charge is 2.10. The van der Waals surface area contributed by atoms with Crippen molar-refractivity contribution in [3.63, 3.8) is 0 Å². The highest BCUT2D eigenvalue weighted by molar-refractivity contribution is 7.98. The molecule has 4 nitrogen and oxygen atoms in total. The van der Waals surface area contributed by atoms with Gasteiger partial charge in [-0.2, -0.15) is 0 Å². The Labute approximate surface area is 187 Å². The van der Waals surface area contributed by atoms with Gasteiger partial charge in [-0.15, -0.1) is 23.1 Å². The molecule has 0 amide bonds. The number of benzene rings is 1. The third-order valence-corrected chi connectivity index (χ3v) is 6.76. The zero-order valence-corrected chi connectivity index (χ0v) is 18.3. The number of pyridine rings is 1. The van der Waals surface area contributed by atoms with Crippen molar-refractivity contribution in [1.82, 2.24) is 4.98 Å². The Bertz CT molecular complexity index is 987. The highest BCUT2D eigenvalue weighted by atomic mass is 35.5. The van der Waals surface area contributed by atoms with Gasteiger partial charge < -0.3 is 9.84 Å². The van der Waals surface area contributed by atoms with Crippen LogP contribution in [0, 0.1) is 0 Å². The van der Waals surface area contributed by atoms with E-state index in [1.165, 1.54) is 22.7 Å². The molecule has 150 valence electrons. The number of thioether (sulfide) groups is 1. The Morgan fingerprint density at radius 3 is 2.66 bits per heavy atom. The number of nitrogens with zero attached hydrogens (tertiary/aromatic N) is 1. The quantitative estimate of drug-likeness (QED) is 0.290. The molecular formula is C21H17Cl2NO3S2. The first-order valence-electron chi connectivity index (χ1n) is 8.66. The summed E-state index contributed by atoms with van der Waals surface area (Å²) in [6.07, 6.45) is 3.28. The van der Waals surface area contributed by atoms with E-state index in [2.05, 4.69) is 11.1 Å². The lowest BCUT2D eigenvalue weighted by molar-refractivity contribution is -0.131. The molecule has 0 saturated carbocycles. The van der Waals surface area contributed by atoms with Gasteiger partial charge in [0.05, 0.1) is 22.3 Å². The third kappa shape index (κ3) is 6.51. The zero-order chi connectivity index (χ0) is 20.6. The van der Waals surface area contributed by atoms with Gasteiger partial charge in [0, 0.05) is 28.0 Å². The number of hydrogen-bond acceptors (Lipinski definition) is 5. The fourth-order valence-corrected chi connectivity index (χ4v) is 4.74. The number of ether oxygens (including phenoxy) is 1. The lowest BCUT2D eigenvalue weighted by atomic mass is 10.2. The predicted octanol–water partition coefficient (Wildman–Crippen LogP) is 6.46. The molecule has 3 aromatic rings. The van der Waals surface area contributed by atoms with Gasteiger partial charge in [0.25, 0.3) is 0 Å². The fraction of sp³-hybridized carbons (Fsp3) is 0.143. The van der Waals surface area contributed by atoms with E-state index in [0.717, 1.165) is 23.1 Å². The number of hydrogen-bond donors (Lipinski definition) is 1. The second kappa shape index (κ2) is 10.7. The number of carboxylic acids is 1. The van der Waals surface area contributed by atoms with Crippen LogP contribution in [0.3, 0.4) is 0 Å². The monoisotopic (exact) mass is 465 g/mol. The van der Waals surface area contributed by atoms with Crippen LogP contribution in [0.15, 0.2) is 58.8 Å². The maximum Gasteiger partial charge on any atom is 0.328 e. The van der Waals surface area contributed by atoms with E-state index < -0.39 is 5.97 Å². The third-order valence-electron chi connectivity index (χ3n) is 3.80. The molecular weight excluding hydrogens is 449 g/mol. The summed E-state index contributed by atoms with van der Waals surface area (Å²) in [6, 6.07) is 13.1. The number of carboxylic acid groups (broad SMARTS) is 1. The van der Waals surface area contributed by atoms with Crippen LogP contribution in [0.25, 0.3) is 6.08 Å². The molecule has 1 N–H and O–H groups in total. The van der Waals surface area contributed by atoms with Crippen molar-refractivity contribution >= 4 is 58.3 Å². The van der Waals surface area contributed by atoms with Gasteiger partial charge in [-0.25, -0.2) is 9.78 Å². The van der Waals surface area contributed by atoms with E-state index in [1.807, 2.05) is 23.6 Å². The molecule has 0 spiro atoms. The van der Waals surface area contributed by atoms with Crippen LogP contribution in [0.4, 0.5) is 0 Å². The molecule has 2 aromatic heterocycles. The minimum atomic E-state index is -1.04. The molecule has 0 aliphatic heterocycles. The first kappa shape index (κ1) is 21.7. The number of rotatable bonds is 9. The zero-order valence-electron chi connectivity index (χ0n) is 15.2. The molecule has 1 aromatic carbocycles. The predicted molar refractivity (Wildman–Crippen MR) is 120 cm³/mol. The summed E-state index contributed by atoms with van der Waals surface area (Å²) in [7, 11) is 0. The highest BCUT2D eigenvalue weighted by Crippen LogP contribution is 2.35. The molecule has 8 heteroatoms. The van der Waals surface area contributed by atoms with Crippen LogP contribution in [-0.2, 0) is 17.0 Å². The van der Waals surface area contributed by atoms with Gasteiger partial charge in [0.1, 0.15) is 11.4 Å². The largest absolute Gasteiger partial charge is 0.491 e. The second-order valence-electron chi connectivity index (χ2n) is 5.87. The Hall–Kier alpha value is -1.99. The maximum atomic E-state index is 10.9. The van der Waals surface area contributed by atoms with E-state index >= 15 is 0 Å². The van der Waals surface area contributed by atoms with Crippen LogP contribution in [0.1, 0.15) is 16.3 Å². The topological polar surface area (TPSA) is 59.4 Å². The van der Waals surface area contributed by atoms with Gasteiger partial charge in [-0.3, -0.25) is 0 Å². The average Bonchev–Trinajstić information content (AvgIpc) is 3.20. The maximum absolute atomic E-state index is 10.9. The van der Waals surface area contributed by atoms with Crippen LogP contribution < -0.4 is 4.74 Å². The summed E-state index contributed by atoms with van der Waals surface area (Å²) in [5, 5.41) is 12.2. The van der Waals surface area contributed by atoms with Gasteiger partial charge >= 0.3 is 5.97 Å². The lowest BCUT2D eigenvalue weighted by Crippen LogP contribution is -2.03. The molecule has 0 aliphatic carbocycles. The standard InChI is InChI=1S/C21H17Cl2NO3S2/c22-16-4-1-5-17(23)21(16)29-13-14-6-8-19(18(24-14)7-9-20(25)26)27-11-10-15-3-2-12-28-15/h1-9,12H,10-11,13H2,(H,25,26)/b9-7+. The van der Waals surface area contributed by atoms with Gasteiger partial charge in [0.2, 0.25) is 0 Å². The fourth-order valence-electron chi connectivity index (χ4n) is 2.46. The van der Waals surface area contributed by atoms with E-state index in [-0.39, 0.29) is 0 Å². The Morgan fingerprint density at radius 2 is 1.97 bits per heavy atom. The summed E-state index contributed by atoms with van der Waals surface area (Å²) >= 11 is 15.6. The van der Waals surface area contributed by atoms with Crippen molar-refractivity contribution in [2.75, 3.05) is 6.61 Å². The number of thiophene rings is 1. The summed E-state index contributed by atoms with van der Waals surface area (Å²) < 4.78 is 5.85. The van der Waals surface area contributed by atoms with E-state index in [4.69, 9.17) is 33.0 Å². The van der Waals surface area contributed by atoms with Crippen molar-refractivity contribution in [3.8, 4) is 5.75 Å². The van der Waals surface area contributed by atoms with Crippen LogP contribution >= 0.6 is 46.3 Å². The van der Waals surface area contributed by atoms with E-state index in [1.54, 1.807) is 29.5 Å². The summed E-state index contributed by atoms with van der Waals surface area (Å²) in [5.74, 6) is 0.0369. The summed E-state index contributed by atoms with van der Waals surface area (Å²) in [4.78, 5) is 17.5. The van der Waals surface area contributed by atoms with Gasteiger partial charge in [0.15, 0.2) is 0 Å². The number of carbonyl (C=O) groups is 1. The Morgan fingerprint density at radius 1 is 1.17 bits per heavy atom. The molecule has 0 atom stereocenters. The molecule has 0 fully saturated rings. The smallest absolute Gasteiger partial charge is 0.328 e. The Balaban J connectivity index is 1.73. The minimum Gasteiger partial charge on any atom is -0.491 e. The molecule has 29 heavy (non-hydrogen) atoms. The normalized spacial score (nSPS) is 11.1. The molecule has 2 heterocycles. The first-order chi connectivity index (χ1) is 14.0. The molecule has 0 aliphatic rings. The molecule has 0 radical (unpaired) electrons. The SMILES string of the molecule is O=C(O)/C=C/c1nc(CSc2c(Cl)cccc2Cl)ccc1OCCc1cccs1. The van der Waals surface area contributed by atoms with E-state index in [9.17, 15) is 4.79 Å². The molecule has 0 unspecified atom stereocenters.